The van der Waals surface area contributed by atoms with Gasteiger partial charge in [-0.1, -0.05) is 13.0 Å². The number of hydrogen-bond acceptors (Lipinski definition) is 4. The van der Waals surface area contributed by atoms with E-state index in [-0.39, 0.29) is 0 Å². The molecule has 0 aliphatic heterocycles. The van der Waals surface area contributed by atoms with Crippen LogP contribution in [0.3, 0.4) is 0 Å². The number of rotatable bonds is 5. The number of nitrogens with one attached hydrogen (secondary N) is 1. The predicted molar refractivity (Wildman–Crippen MR) is 77.3 cm³/mol. The van der Waals surface area contributed by atoms with Crippen LogP contribution in [-0.4, -0.2) is 21.7 Å². The van der Waals surface area contributed by atoms with Crippen LogP contribution in [-0.2, 0) is 6.42 Å². The molecule has 0 aliphatic carbocycles. The van der Waals surface area contributed by atoms with Crippen molar-refractivity contribution in [3.05, 3.63) is 46.9 Å². The Hall–Kier alpha value is -1.97. The van der Waals surface area contributed by atoms with Gasteiger partial charge in [-0.2, -0.15) is 5.10 Å². The molecule has 0 amide bonds. The molecule has 0 bridgehead atoms. The number of nitrogens with zero attached hydrogens (tertiary/aromatic N) is 3. The molecular weight excluding hydrogens is 236 g/mol. The number of anilines is 1. The summed E-state index contributed by atoms with van der Waals surface area (Å²) in [7, 11) is 0. The molecule has 2 rings (SSSR count). The molecule has 19 heavy (non-hydrogen) atoms. The summed E-state index contributed by atoms with van der Waals surface area (Å²) < 4.78 is 0. The van der Waals surface area contributed by atoms with Crippen LogP contribution < -0.4 is 5.32 Å². The lowest BCUT2D eigenvalue weighted by atomic mass is 10.1. The van der Waals surface area contributed by atoms with E-state index < -0.39 is 0 Å². The second-order valence-electron chi connectivity index (χ2n) is 4.67. The lowest BCUT2D eigenvalue weighted by Crippen LogP contribution is -2.09. The Bertz CT molecular complexity index is 537. The van der Waals surface area contributed by atoms with Crippen LogP contribution >= 0.6 is 0 Å². The maximum atomic E-state index is 4.33. The first-order valence-electron chi connectivity index (χ1n) is 6.69. The third-order valence-corrected chi connectivity index (χ3v) is 3.24. The fourth-order valence-electron chi connectivity index (χ4n) is 1.91. The molecule has 0 saturated heterocycles. The smallest absolute Gasteiger partial charge is 0.151 e. The minimum atomic E-state index is 0.731. The highest BCUT2D eigenvalue weighted by Gasteiger charge is 2.10. The minimum absolute atomic E-state index is 0.731. The molecule has 0 atom stereocenters. The van der Waals surface area contributed by atoms with Crippen molar-refractivity contribution in [2.24, 2.45) is 0 Å². The van der Waals surface area contributed by atoms with E-state index in [1.165, 1.54) is 11.1 Å². The lowest BCUT2D eigenvalue weighted by molar-refractivity contribution is 0.875. The molecule has 2 aromatic rings. The van der Waals surface area contributed by atoms with Crippen LogP contribution in [0.4, 0.5) is 5.82 Å². The summed E-state index contributed by atoms with van der Waals surface area (Å²) in [4.78, 5) is 4.33. The minimum Gasteiger partial charge on any atom is -0.368 e. The summed E-state index contributed by atoms with van der Waals surface area (Å²) in [6, 6.07) is 5.93. The number of hydrogen-bond donors (Lipinski definition) is 1. The van der Waals surface area contributed by atoms with Crippen molar-refractivity contribution in [1.29, 1.82) is 0 Å². The molecule has 0 saturated carbocycles. The molecule has 1 N–H and O–H groups in total. The Morgan fingerprint density at radius 1 is 1.11 bits per heavy atom. The first kappa shape index (κ1) is 13.5. The van der Waals surface area contributed by atoms with Gasteiger partial charge in [0.2, 0.25) is 0 Å². The van der Waals surface area contributed by atoms with E-state index in [2.05, 4.69) is 41.3 Å². The van der Waals surface area contributed by atoms with Gasteiger partial charge in [0.25, 0.3) is 0 Å². The molecule has 0 aliphatic rings. The monoisotopic (exact) mass is 256 g/mol. The SMILES string of the molecule is CCCNc1nnc(Cc2ccccn2)c(C)c1C. The molecule has 2 aromatic heterocycles. The zero-order chi connectivity index (χ0) is 13.7. The molecule has 4 nitrogen and oxygen atoms in total. The standard InChI is InChI=1S/C15H20N4/c1-4-8-17-15-12(3)11(2)14(18-19-15)10-13-7-5-6-9-16-13/h5-7,9H,4,8,10H2,1-3H3,(H,17,19). The lowest BCUT2D eigenvalue weighted by Gasteiger charge is -2.12. The van der Waals surface area contributed by atoms with Crippen molar-refractivity contribution in [3.63, 3.8) is 0 Å². The van der Waals surface area contributed by atoms with Gasteiger partial charge in [-0.3, -0.25) is 4.98 Å². The summed E-state index contributed by atoms with van der Waals surface area (Å²) in [5.41, 5.74) is 4.39. The normalized spacial score (nSPS) is 10.5. The van der Waals surface area contributed by atoms with E-state index in [0.717, 1.165) is 36.6 Å². The van der Waals surface area contributed by atoms with Gasteiger partial charge in [0.1, 0.15) is 0 Å². The van der Waals surface area contributed by atoms with Gasteiger partial charge in [-0.05, 0) is 43.5 Å². The maximum absolute atomic E-state index is 4.33. The van der Waals surface area contributed by atoms with Crippen LogP contribution in [0.1, 0.15) is 35.9 Å². The van der Waals surface area contributed by atoms with Gasteiger partial charge < -0.3 is 5.32 Å². The van der Waals surface area contributed by atoms with Crippen molar-refractivity contribution < 1.29 is 0 Å². The van der Waals surface area contributed by atoms with Gasteiger partial charge in [-0.25, -0.2) is 0 Å². The van der Waals surface area contributed by atoms with Crippen LogP contribution in [0.2, 0.25) is 0 Å². The molecule has 0 fully saturated rings. The van der Waals surface area contributed by atoms with Crippen molar-refractivity contribution in [3.8, 4) is 0 Å². The average Bonchev–Trinajstić information content (AvgIpc) is 2.44. The quantitative estimate of drug-likeness (QED) is 0.893. The van der Waals surface area contributed by atoms with E-state index >= 15 is 0 Å². The highest BCUT2D eigenvalue weighted by Crippen LogP contribution is 2.19. The molecule has 0 radical (unpaired) electrons. The van der Waals surface area contributed by atoms with Crippen LogP contribution in [0.25, 0.3) is 0 Å². The van der Waals surface area contributed by atoms with Crippen molar-refractivity contribution >= 4 is 5.82 Å². The van der Waals surface area contributed by atoms with Gasteiger partial charge in [-0.15, -0.1) is 5.10 Å². The Morgan fingerprint density at radius 3 is 2.63 bits per heavy atom. The van der Waals surface area contributed by atoms with Gasteiger partial charge in [0, 0.05) is 24.9 Å². The highest BCUT2D eigenvalue weighted by atomic mass is 15.2. The summed E-state index contributed by atoms with van der Waals surface area (Å²) in [5, 5.41) is 11.9. The fourth-order valence-corrected chi connectivity index (χ4v) is 1.91. The Morgan fingerprint density at radius 2 is 1.95 bits per heavy atom. The Labute approximate surface area is 114 Å². The van der Waals surface area contributed by atoms with Crippen LogP contribution in [0.5, 0.6) is 0 Å². The fraction of sp³-hybridized carbons (Fsp3) is 0.400. The summed E-state index contributed by atoms with van der Waals surface area (Å²) in [5.74, 6) is 0.893. The Kier molecular flexibility index (Phi) is 4.44. The second kappa shape index (κ2) is 6.27. The van der Waals surface area contributed by atoms with E-state index in [1.807, 2.05) is 24.4 Å². The largest absolute Gasteiger partial charge is 0.368 e. The summed E-state index contributed by atoms with van der Waals surface area (Å²) in [6.45, 7) is 7.25. The zero-order valence-corrected chi connectivity index (χ0v) is 11.8. The topological polar surface area (TPSA) is 50.7 Å². The molecule has 0 unspecified atom stereocenters. The maximum Gasteiger partial charge on any atom is 0.151 e. The van der Waals surface area contributed by atoms with Gasteiger partial charge in [0.05, 0.1) is 5.69 Å². The predicted octanol–water partition coefficient (Wildman–Crippen LogP) is 2.90. The first-order valence-corrected chi connectivity index (χ1v) is 6.69. The average molecular weight is 256 g/mol. The van der Waals surface area contributed by atoms with Crippen molar-refractivity contribution in [1.82, 2.24) is 15.2 Å². The van der Waals surface area contributed by atoms with Crippen molar-refractivity contribution in [2.75, 3.05) is 11.9 Å². The third-order valence-electron chi connectivity index (χ3n) is 3.24. The van der Waals surface area contributed by atoms with Gasteiger partial charge in [0.15, 0.2) is 5.82 Å². The van der Waals surface area contributed by atoms with Gasteiger partial charge >= 0.3 is 0 Å². The van der Waals surface area contributed by atoms with Crippen molar-refractivity contribution in [2.45, 2.75) is 33.6 Å². The number of aromatic nitrogens is 3. The highest BCUT2D eigenvalue weighted by molar-refractivity contribution is 5.47. The van der Waals surface area contributed by atoms with E-state index in [0.29, 0.717) is 0 Å². The summed E-state index contributed by atoms with van der Waals surface area (Å²) >= 11 is 0. The summed E-state index contributed by atoms with van der Waals surface area (Å²) in [6.07, 6.45) is 3.62. The molecule has 100 valence electrons. The molecule has 0 spiro atoms. The molecule has 2 heterocycles. The molecule has 0 aromatic carbocycles. The number of pyridine rings is 1. The third kappa shape index (κ3) is 3.28. The molecule has 4 heteroatoms. The Balaban J connectivity index is 2.21. The zero-order valence-electron chi connectivity index (χ0n) is 11.8. The van der Waals surface area contributed by atoms with Crippen LogP contribution in [0.15, 0.2) is 24.4 Å². The van der Waals surface area contributed by atoms with E-state index in [4.69, 9.17) is 0 Å². The van der Waals surface area contributed by atoms with E-state index in [1.54, 1.807) is 0 Å². The second-order valence-corrected chi connectivity index (χ2v) is 4.67. The first-order chi connectivity index (χ1) is 9.22. The van der Waals surface area contributed by atoms with Crippen LogP contribution in [0, 0.1) is 13.8 Å². The molecular formula is C15H20N4. The van der Waals surface area contributed by atoms with E-state index in [9.17, 15) is 0 Å².